The monoisotopic (exact) mass is 440 g/mol. The van der Waals surface area contributed by atoms with Crippen LogP contribution in [0, 0.1) is 0 Å². The first-order valence-electron chi connectivity index (χ1n) is 10.4. The van der Waals surface area contributed by atoms with E-state index in [1.807, 2.05) is 25.1 Å². The molecule has 1 amide bonds. The molecule has 0 fully saturated rings. The molecule has 0 unspecified atom stereocenters. The molecule has 0 saturated carbocycles. The summed E-state index contributed by atoms with van der Waals surface area (Å²) in [5.74, 6) is 0.416. The van der Waals surface area contributed by atoms with Gasteiger partial charge in [-0.3, -0.25) is 24.7 Å². The van der Waals surface area contributed by atoms with Gasteiger partial charge in [-0.1, -0.05) is 13.0 Å². The van der Waals surface area contributed by atoms with Crippen LogP contribution in [0.5, 0.6) is 0 Å². The van der Waals surface area contributed by atoms with Gasteiger partial charge in [0.25, 0.3) is 5.91 Å². The highest BCUT2D eigenvalue weighted by atomic mass is 16.1. The zero-order valence-corrected chi connectivity index (χ0v) is 18.0. The molecular formula is C23H20N8O2. The van der Waals surface area contributed by atoms with Crippen molar-refractivity contribution in [1.29, 1.82) is 0 Å². The Hall–Kier alpha value is -4.47. The number of imidazole rings is 1. The Morgan fingerprint density at radius 2 is 1.91 bits per heavy atom. The van der Waals surface area contributed by atoms with Gasteiger partial charge in [-0.2, -0.15) is 5.10 Å². The zero-order chi connectivity index (χ0) is 22.9. The van der Waals surface area contributed by atoms with Crippen molar-refractivity contribution in [3.8, 4) is 22.6 Å². The molecule has 0 radical (unpaired) electrons. The molecule has 0 saturated heterocycles. The van der Waals surface area contributed by atoms with E-state index in [9.17, 15) is 9.59 Å². The topological polar surface area (TPSA) is 142 Å². The average Bonchev–Trinajstić information content (AvgIpc) is 3.47. The van der Waals surface area contributed by atoms with Crippen LogP contribution in [-0.4, -0.2) is 53.9 Å². The smallest absolute Gasteiger partial charge is 0.254 e. The first-order valence-corrected chi connectivity index (χ1v) is 10.4. The summed E-state index contributed by atoms with van der Waals surface area (Å²) in [6, 6.07) is 5.74. The third-order valence-corrected chi connectivity index (χ3v) is 5.44. The third kappa shape index (κ3) is 3.71. The average molecular weight is 440 g/mol. The molecule has 10 heteroatoms. The molecule has 0 spiro atoms. The molecule has 0 atom stereocenters. The van der Waals surface area contributed by atoms with Gasteiger partial charge in [0.15, 0.2) is 11.5 Å². The van der Waals surface area contributed by atoms with E-state index in [1.54, 1.807) is 25.6 Å². The van der Waals surface area contributed by atoms with Crippen LogP contribution >= 0.6 is 0 Å². The van der Waals surface area contributed by atoms with Gasteiger partial charge in [0.1, 0.15) is 17.0 Å². The molecule has 0 aromatic carbocycles. The maximum absolute atomic E-state index is 12.2. The van der Waals surface area contributed by atoms with E-state index in [-0.39, 0.29) is 11.7 Å². The Bertz CT molecular complexity index is 1500. The van der Waals surface area contributed by atoms with Crippen molar-refractivity contribution in [2.24, 2.45) is 0 Å². The van der Waals surface area contributed by atoms with E-state index in [0.717, 1.165) is 22.2 Å². The summed E-state index contributed by atoms with van der Waals surface area (Å²) in [4.78, 5) is 44.7. The molecule has 0 bridgehead atoms. The quantitative estimate of drug-likeness (QED) is 0.368. The minimum Gasteiger partial charge on any atom is -0.355 e. The van der Waals surface area contributed by atoms with Crippen molar-refractivity contribution < 1.29 is 9.59 Å². The number of ketones is 1. The van der Waals surface area contributed by atoms with E-state index in [4.69, 9.17) is 0 Å². The standard InChI is InChI=1S/C23H20N8O2/c1-3-15(32)7-14-5-4-12(8-26-14)13-6-16-20(30-31-21(16)27-9-13)22-28-18-11-25-10-17(19(18)29-22)23(33)24-2/h4-6,8-11H,3,7H2,1-2H3,(H,24,33)(H,28,29)(H,27,30,31). The Morgan fingerprint density at radius 1 is 1.06 bits per heavy atom. The predicted octanol–water partition coefficient (Wildman–Crippen LogP) is 2.84. The molecule has 5 heterocycles. The SMILES string of the molecule is CCC(=O)Cc1ccc(-c2cnc3n[nH]c(-c4nc5c(C(=O)NC)cncc5[nH]4)c3c2)cn1. The maximum Gasteiger partial charge on any atom is 0.254 e. The van der Waals surface area contributed by atoms with Gasteiger partial charge >= 0.3 is 0 Å². The fourth-order valence-corrected chi connectivity index (χ4v) is 3.62. The fourth-order valence-electron chi connectivity index (χ4n) is 3.62. The van der Waals surface area contributed by atoms with Crippen LogP contribution in [0.3, 0.4) is 0 Å². The number of pyridine rings is 3. The second-order valence-electron chi connectivity index (χ2n) is 7.55. The molecule has 164 valence electrons. The van der Waals surface area contributed by atoms with E-state index in [2.05, 4.69) is 40.4 Å². The van der Waals surface area contributed by atoms with Crippen LogP contribution < -0.4 is 5.32 Å². The fraction of sp³-hybridized carbons (Fsp3) is 0.174. The number of amides is 1. The maximum atomic E-state index is 12.2. The lowest BCUT2D eigenvalue weighted by molar-refractivity contribution is -0.118. The summed E-state index contributed by atoms with van der Waals surface area (Å²) in [6.45, 7) is 1.85. The van der Waals surface area contributed by atoms with Gasteiger partial charge in [-0.25, -0.2) is 9.97 Å². The number of nitrogens with one attached hydrogen (secondary N) is 3. The number of aromatic amines is 2. The molecular weight excluding hydrogens is 420 g/mol. The van der Waals surface area contributed by atoms with Gasteiger partial charge in [-0.05, 0) is 12.1 Å². The Balaban J connectivity index is 1.54. The number of carbonyl (C=O) groups excluding carboxylic acids is 2. The molecule has 3 N–H and O–H groups in total. The van der Waals surface area contributed by atoms with Gasteiger partial charge in [-0.15, -0.1) is 0 Å². The molecule has 10 nitrogen and oxygen atoms in total. The van der Waals surface area contributed by atoms with Gasteiger partial charge in [0.2, 0.25) is 0 Å². The largest absolute Gasteiger partial charge is 0.355 e. The highest BCUT2D eigenvalue weighted by Gasteiger charge is 2.18. The predicted molar refractivity (Wildman–Crippen MR) is 122 cm³/mol. The van der Waals surface area contributed by atoms with E-state index >= 15 is 0 Å². The number of rotatable bonds is 6. The van der Waals surface area contributed by atoms with Crippen molar-refractivity contribution in [1.82, 2.24) is 40.4 Å². The number of hydrogen-bond donors (Lipinski definition) is 3. The minimum atomic E-state index is -0.263. The molecule has 0 aliphatic heterocycles. The van der Waals surface area contributed by atoms with Crippen LogP contribution in [0.2, 0.25) is 0 Å². The van der Waals surface area contributed by atoms with E-state index in [1.165, 1.54) is 6.20 Å². The first kappa shape index (κ1) is 20.4. The summed E-state index contributed by atoms with van der Waals surface area (Å²) in [6.07, 6.45) is 7.41. The number of Topliss-reactive ketones (excluding diaryl/α,β-unsaturated/α-hetero) is 1. The van der Waals surface area contributed by atoms with Crippen molar-refractivity contribution >= 4 is 33.8 Å². The summed E-state index contributed by atoms with van der Waals surface area (Å²) in [7, 11) is 1.56. The third-order valence-electron chi connectivity index (χ3n) is 5.44. The highest BCUT2D eigenvalue weighted by Crippen LogP contribution is 2.29. The Labute approximate surface area is 187 Å². The van der Waals surface area contributed by atoms with Gasteiger partial charge in [0.05, 0.1) is 22.7 Å². The summed E-state index contributed by atoms with van der Waals surface area (Å²) < 4.78 is 0. The lowest BCUT2D eigenvalue weighted by Gasteiger charge is -2.03. The molecule has 5 aromatic heterocycles. The molecule has 0 aliphatic rings. The number of hydrogen-bond acceptors (Lipinski definition) is 7. The summed E-state index contributed by atoms with van der Waals surface area (Å²) in [5, 5.41) is 10.6. The van der Waals surface area contributed by atoms with Gasteiger partial charge < -0.3 is 10.3 Å². The molecule has 5 rings (SSSR count). The minimum absolute atomic E-state index is 0.155. The van der Waals surface area contributed by atoms with E-state index < -0.39 is 0 Å². The van der Waals surface area contributed by atoms with Crippen LogP contribution in [0.15, 0.2) is 43.0 Å². The second-order valence-corrected chi connectivity index (χ2v) is 7.55. The molecule has 0 aliphatic carbocycles. The van der Waals surface area contributed by atoms with Crippen molar-refractivity contribution in [3.05, 3.63) is 54.2 Å². The lowest BCUT2D eigenvalue weighted by Crippen LogP contribution is -2.18. The number of fused-ring (bicyclic) bond motifs is 2. The van der Waals surface area contributed by atoms with Crippen LogP contribution in [0.4, 0.5) is 0 Å². The number of carbonyl (C=O) groups is 2. The van der Waals surface area contributed by atoms with Crippen LogP contribution in [0.1, 0.15) is 29.4 Å². The highest BCUT2D eigenvalue weighted by molar-refractivity contribution is 6.05. The molecule has 33 heavy (non-hydrogen) atoms. The Kier molecular flexibility index (Phi) is 5.09. The second kappa shape index (κ2) is 8.23. The zero-order valence-electron chi connectivity index (χ0n) is 18.0. The summed E-state index contributed by atoms with van der Waals surface area (Å²) in [5.41, 5.74) is 5.20. The van der Waals surface area contributed by atoms with E-state index in [0.29, 0.717) is 46.6 Å². The first-order chi connectivity index (χ1) is 16.1. The van der Waals surface area contributed by atoms with Crippen molar-refractivity contribution in [2.45, 2.75) is 19.8 Å². The van der Waals surface area contributed by atoms with Gasteiger partial charge in [0, 0.05) is 55.3 Å². The normalized spacial score (nSPS) is 11.2. The van der Waals surface area contributed by atoms with Crippen LogP contribution in [0.25, 0.3) is 44.7 Å². The number of nitrogens with zero attached hydrogens (tertiary/aromatic N) is 5. The number of aromatic nitrogens is 7. The van der Waals surface area contributed by atoms with Crippen molar-refractivity contribution in [3.63, 3.8) is 0 Å². The van der Waals surface area contributed by atoms with Crippen molar-refractivity contribution in [2.75, 3.05) is 7.05 Å². The van der Waals surface area contributed by atoms with Crippen LogP contribution in [-0.2, 0) is 11.2 Å². The molecule has 5 aromatic rings. The lowest BCUT2D eigenvalue weighted by atomic mass is 10.1. The Morgan fingerprint density at radius 3 is 2.67 bits per heavy atom. The summed E-state index contributed by atoms with van der Waals surface area (Å²) >= 11 is 0. The number of H-pyrrole nitrogens is 2.